The molecule has 4 aromatic rings. The largest absolute Gasteiger partial charge is 0.338 e. The van der Waals surface area contributed by atoms with Crippen LogP contribution in [-0.4, -0.2) is 33.7 Å². The van der Waals surface area contributed by atoms with Crippen LogP contribution in [0, 0.1) is 0 Å². The molecule has 0 aliphatic carbocycles. The number of halogens is 2. The van der Waals surface area contributed by atoms with E-state index in [1.807, 2.05) is 64.2 Å². The number of carbonyl (C=O) groups is 1. The van der Waals surface area contributed by atoms with Crippen molar-refractivity contribution in [1.82, 2.24) is 14.7 Å². The van der Waals surface area contributed by atoms with Crippen molar-refractivity contribution in [1.29, 1.82) is 0 Å². The fraction of sp³-hybridized carbons (Fsp3) is 0.217. The van der Waals surface area contributed by atoms with Crippen LogP contribution >= 0.6 is 38.9 Å². The molecule has 4 nitrogen and oxygen atoms in total. The number of benzene rings is 2. The maximum Gasteiger partial charge on any atom is 0.265 e. The summed E-state index contributed by atoms with van der Waals surface area (Å²) in [7, 11) is 0. The van der Waals surface area contributed by atoms with Gasteiger partial charge in [-0.1, -0.05) is 57.9 Å². The second-order valence-electron chi connectivity index (χ2n) is 7.38. The quantitative estimate of drug-likeness (QED) is 0.310. The highest BCUT2D eigenvalue weighted by Gasteiger charge is 2.28. The average Bonchev–Trinajstić information content (AvgIpc) is 3.33. The molecule has 1 aliphatic heterocycles. The third-order valence-corrected chi connectivity index (χ3v) is 7.59. The molecule has 30 heavy (non-hydrogen) atoms. The smallest absolute Gasteiger partial charge is 0.265 e. The Morgan fingerprint density at radius 3 is 2.40 bits per heavy atom. The Bertz CT molecular complexity index is 1210. The lowest BCUT2D eigenvalue weighted by Crippen LogP contribution is -2.35. The number of hydrogen-bond donors (Lipinski definition) is 0. The van der Waals surface area contributed by atoms with Crippen molar-refractivity contribution in [2.24, 2.45) is 0 Å². The van der Waals surface area contributed by atoms with Crippen LogP contribution in [0.15, 0.2) is 59.1 Å². The molecule has 0 saturated carbocycles. The Hall–Kier alpha value is -2.15. The summed E-state index contributed by atoms with van der Waals surface area (Å²) in [5, 5.41) is 6.24. The van der Waals surface area contributed by atoms with E-state index in [0.717, 1.165) is 57.6 Å². The van der Waals surface area contributed by atoms with E-state index in [-0.39, 0.29) is 5.91 Å². The van der Waals surface area contributed by atoms with Gasteiger partial charge in [0, 0.05) is 23.1 Å². The van der Waals surface area contributed by atoms with E-state index in [0.29, 0.717) is 9.90 Å². The highest BCUT2D eigenvalue weighted by atomic mass is 79.9. The molecule has 0 N–H and O–H groups in total. The van der Waals surface area contributed by atoms with E-state index in [1.165, 1.54) is 17.8 Å². The van der Waals surface area contributed by atoms with Crippen molar-refractivity contribution in [3.8, 4) is 16.9 Å². The van der Waals surface area contributed by atoms with Crippen molar-refractivity contribution in [2.45, 2.75) is 19.3 Å². The predicted molar refractivity (Wildman–Crippen MR) is 127 cm³/mol. The minimum atomic E-state index is 0.0299. The molecular formula is C23H19BrClN3OS. The van der Waals surface area contributed by atoms with Gasteiger partial charge >= 0.3 is 0 Å². The average molecular weight is 501 g/mol. The molecule has 0 atom stereocenters. The zero-order valence-corrected chi connectivity index (χ0v) is 19.3. The Morgan fingerprint density at radius 1 is 1.00 bits per heavy atom. The number of thiophene rings is 1. The first-order valence-electron chi connectivity index (χ1n) is 9.95. The SMILES string of the molecule is O=C(c1sc2c(c(-c3ccc(Br)cc3)nn2-c2ccccc2)c1Cl)N1CCCCC1. The minimum absolute atomic E-state index is 0.0299. The number of carbonyl (C=O) groups excluding carboxylic acids is 1. The van der Waals surface area contributed by atoms with Gasteiger partial charge in [-0.3, -0.25) is 4.79 Å². The van der Waals surface area contributed by atoms with Gasteiger partial charge in [0.1, 0.15) is 15.4 Å². The van der Waals surface area contributed by atoms with Gasteiger partial charge < -0.3 is 4.90 Å². The second kappa shape index (κ2) is 8.17. The third-order valence-electron chi connectivity index (χ3n) is 5.42. The summed E-state index contributed by atoms with van der Waals surface area (Å²) in [6.07, 6.45) is 3.28. The van der Waals surface area contributed by atoms with E-state index < -0.39 is 0 Å². The van der Waals surface area contributed by atoms with Crippen molar-refractivity contribution in [3.63, 3.8) is 0 Å². The molecule has 1 fully saturated rings. The van der Waals surface area contributed by atoms with Gasteiger partial charge in [0.25, 0.3) is 5.91 Å². The summed E-state index contributed by atoms with van der Waals surface area (Å²) in [5.41, 5.74) is 2.70. The molecule has 152 valence electrons. The molecule has 2 aromatic heterocycles. The van der Waals surface area contributed by atoms with Gasteiger partial charge in [0.15, 0.2) is 0 Å². The summed E-state index contributed by atoms with van der Waals surface area (Å²) < 4.78 is 2.90. The molecule has 0 radical (unpaired) electrons. The van der Waals surface area contributed by atoms with Crippen molar-refractivity contribution in [2.75, 3.05) is 13.1 Å². The molecular weight excluding hydrogens is 482 g/mol. The minimum Gasteiger partial charge on any atom is -0.338 e. The van der Waals surface area contributed by atoms with Crippen molar-refractivity contribution < 1.29 is 4.79 Å². The molecule has 0 unspecified atom stereocenters. The summed E-state index contributed by atoms with van der Waals surface area (Å²) in [6, 6.07) is 18.0. The highest BCUT2D eigenvalue weighted by Crippen LogP contribution is 2.43. The Labute approximate surface area is 192 Å². The fourth-order valence-corrected chi connectivity index (χ4v) is 5.71. The van der Waals surface area contributed by atoms with Gasteiger partial charge in [-0.05, 0) is 43.5 Å². The van der Waals surface area contributed by atoms with E-state index in [1.54, 1.807) is 0 Å². The zero-order valence-electron chi connectivity index (χ0n) is 16.1. The van der Waals surface area contributed by atoms with Crippen LogP contribution in [0.3, 0.4) is 0 Å². The lowest BCUT2D eigenvalue weighted by atomic mass is 10.1. The first-order valence-corrected chi connectivity index (χ1v) is 11.9. The number of piperidine rings is 1. The second-order valence-corrected chi connectivity index (χ2v) is 9.67. The number of hydrogen-bond acceptors (Lipinski definition) is 3. The Balaban J connectivity index is 1.70. The normalized spacial score (nSPS) is 14.4. The maximum atomic E-state index is 13.2. The standard InChI is InChI=1S/C23H19BrClN3OS/c24-16-11-9-15(10-12-16)20-18-19(25)21(22(29)27-13-5-2-6-14-27)30-23(18)28(26-20)17-7-3-1-4-8-17/h1,3-4,7-12H,2,5-6,13-14H2. The first-order chi connectivity index (χ1) is 14.6. The van der Waals surface area contributed by atoms with E-state index in [9.17, 15) is 4.79 Å². The Morgan fingerprint density at radius 2 is 1.70 bits per heavy atom. The number of fused-ring (bicyclic) bond motifs is 1. The number of rotatable bonds is 3. The first kappa shape index (κ1) is 19.8. The highest BCUT2D eigenvalue weighted by molar-refractivity contribution is 9.10. The number of aromatic nitrogens is 2. The summed E-state index contributed by atoms with van der Waals surface area (Å²) in [4.78, 5) is 16.7. The van der Waals surface area contributed by atoms with Crippen LogP contribution in [-0.2, 0) is 0 Å². The van der Waals surface area contributed by atoms with Gasteiger partial charge in [0.05, 0.1) is 16.1 Å². The topological polar surface area (TPSA) is 38.1 Å². The lowest BCUT2D eigenvalue weighted by Gasteiger charge is -2.26. The molecule has 7 heteroatoms. The van der Waals surface area contributed by atoms with Gasteiger partial charge in [0.2, 0.25) is 0 Å². The van der Waals surface area contributed by atoms with Gasteiger partial charge in [-0.2, -0.15) is 5.10 Å². The monoisotopic (exact) mass is 499 g/mol. The van der Waals surface area contributed by atoms with Crippen LogP contribution in [0.4, 0.5) is 0 Å². The van der Waals surface area contributed by atoms with Crippen molar-refractivity contribution in [3.05, 3.63) is 69.0 Å². The third kappa shape index (κ3) is 3.47. The molecule has 2 aromatic carbocycles. The molecule has 3 heterocycles. The molecule has 1 saturated heterocycles. The summed E-state index contributed by atoms with van der Waals surface area (Å²) in [5.74, 6) is 0.0299. The van der Waals surface area contributed by atoms with E-state index >= 15 is 0 Å². The van der Waals surface area contributed by atoms with Crippen LogP contribution in [0.1, 0.15) is 28.9 Å². The predicted octanol–water partition coefficient (Wildman–Crippen LogP) is 6.80. The molecule has 0 bridgehead atoms. The molecule has 5 rings (SSSR count). The van der Waals surface area contributed by atoms with Crippen molar-refractivity contribution >= 4 is 55.0 Å². The number of nitrogens with zero attached hydrogens (tertiary/aromatic N) is 3. The van der Waals surface area contributed by atoms with Gasteiger partial charge in [-0.25, -0.2) is 4.68 Å². The van der Waals surface area contributed by atoms with Gasteiger partial charge in [-0.15, -0.1) is 11.3 Å². The molecule has 0 spiro atoms. The van der Waals surface area contributed by atoms with Crippen LogP contribution in [0.5, 0.6) is 0 Å². The lowest BCUT2D eigenvalue weighted by molar-refractivity contribution is 0.0729. The number of amides is 1. The maximum absolute atomic E-state index is 13.2. The number of likely N-dealkylation sites (tertiary alicyclic amines) is 1. The van der Waals surface area contributed by atoms with Crippen LogP contribution in [0.25, 0.3) is 27.2 Å². The zero-order chi connectivity index (χ0) is 20.7. The van der Waals surface area contributed by atoms with Crippen LogP contribution in [0.2, 0.25) is 5.02 Å². The van der Waals surface area contributed by atoms with E-state index in [2.05, 4.69) is 15.9 Å². The fourth-order valence-electron chi connectivity index (χ4n) is 3.88. The Kier molecular flexibility index (Phi) is 5.39. The summed E-state index contributed by atoms with van der Waals surface area (Å²) >= 11 is 11.8. The van der Waals surface area contributed by atoms with Crippen LogP contribution < -0.4 is 0 Å². The molecule has 1 amide bonds. The van der Waals surface area contributed by atoms with E-state index in [4.69, 9.17) is 16.7 Å². The number of para-hydroxylation sites is 1. The summed E-state index contributed by atoms with van der Waals surface area (Å²) in [6.45, 7) is 1.60. The molecule has 1 aliphatic rings.